The Labute approximate surface area is 134 Å². The minimum absolute atomic E-state index is 0.478. The number of ether oxygens (including phenoxy) is 2. The van der Waals surface area contributed by atoms with Gasteiger partial charge in [-0.25, -0.2) is 0 Å². The fraction of sp³-hybridized carbons (Fsp3) is 0.286. The molecule has 2 aromatic rings. The number of thiophene rings is 1. The van der Waals surface area contributed by atoms with Gasteiger partial charge in [0, 0.05) is 22.9 Å². The zero-order valence-corrected chi connectivity index (χ0v) is 13.6. The lowest BCUT2D eigenvalue weighted by Crippen LogP contribution is -2.00. The maximum atomic E-state index is 10.5. The minimum atomic E-state index is -0.768. The van der Waals surface area contributed by atoms with Gasteiger partial charge < -0.3 is 14.6 Å². The molecule has 0 fully saturated rings. The highest BCUT2D eigenvalue weighted by atomic mass is 79.9. The third-order valence-electron chi connectivity index (χ3n) is 3.02. The van der Waals surface area contributed by atoms with Gasteiger partial charge >= 0.3 is 0 Å². The molecule has 20 heavy (non-hydrogen) atoms. The number of benzene rings is 1. The van der Waals surface area contributed by atoms with Crippen LogP contribution in [-0.2, 0) is 0 Å². The summed E-state index contributed by atoms with van der Waals surface area (Å²) in [6.07, 6.45) is 0.0677. The Morgan fingerprint density at radius 3 is 2.55 bits per heavy atom. The van der Waals surface area contributed by atoms with Gasteiger partial charge in [0.05, 0.1) is 22.0 Å². The summed E-state index contributed by atoms with van der Waals surface area (Å²) in [5.41, 5.74) is 0.630. The molecule has 0 bridgehead atoms. The van der Waals surface area contributed by atoms with E-state index in [1.807, 2.05) is 12.1 Å². The zero-order chi connectivity index (χ0) is 14.1. The Morgan fingerprint density at radius 2 is 1.90 bits per heavy atom. The van der Waals surface area contributed by atoms with E-state index in [9.17, 15) is 5.11 Å². The number of aliphatic hydroxyl groups excluding tert-OH is 1. The lowest BCUT2D eigenvalue weighted by Gasteiger charge is -2.15. The molecule has 6 heteroatoms. The largest absolute Gasteiger partial charge is 0.490 e. The summed E-state index contributed by atoms with van der Waals surface area (Å²) >= 11 is 11.1. The molecule has 1 aromatic carbocycles. The smallest absolute Gasteiger partial charge is 0.162 e. The van der Waals surface area contributed by atoms with Gasteiger partial charge in [0.25, 0.3) is 0 Å². The summed E-state index contributed by atoms with van der Waals surface area (Å²) in [5.74, 6) is 1.27. The van der Waals surface area contributed by atoms with Crippen molar-refractivity contribution in [3.8, 4) is 11.5 Å². The number of aliphatic hydroxyl groups is 1. The molecule has 0 saturated carbocycles. The van der Waals surface area contributed by atoms with Gasteiger partial charge in [-0.15, -0.1) is 11.3 Å². The molecular weight excluding hydrogens is 364 g/mol. The van der Waals surface area contributed by atoms with E-state index in [4.69, 9.17) is 21.1 Å². The Kier molecular flexibility index (Phi) is 4.21. The van der Waals surface area contributed by atoms with Crippen LogP contribution < -0.4 is 9.47 Å². The molecule has 1 aliphatic heterocycles. The number of halogens is 2. The van der Waals surface area contributed by atoms with E-state index in [0.717, 1.165) is 15.1 Å². The zero-order valence-electron chi connectivity index (χ0n) is 10.4. The van der Waals surface area contributed by atoms with Gasteiger partial charge in [-0.3, -0.25) is 0 Å². The van der Waals surface area contributed by atoms with Gasteiger partial charge in [-0.2, -0.15) is 0 Å². The van der Waals surface area contributed by atoms with Crippen LogP contribution in [0.4, 0.5) is 0 Å². The second kappa shape index (κ2) is 5.93. The monoisotopic (exact) mass is 374 g/mol. The highest BCUT2D eigenvalue weighted by molar-refractivity contribution is 9.11. The molecule has 1 unspecified atom stereocenters. The molecule has 1 atom stereocenters. The summed E-state index contributed by atoms with van der Waals surface area (Å²) < 4.78 is 12.2. The van der Waals surface area contributed by atoms with E-state index in [1.54, 1.807) is 12.1 Å². The predicted molar refractivity (Wildman–Crippen MR) is 83.1 cm³/mol. The Bertz CT molecular complexity index is 629. The second-order valence-corrected chi connectivity index (χ2v) is 7.32. The predicted octanol–water partition coefficient (Wildman–Crippen LogP) is 4.41. The van der Waals surface area contributed by atoms with Crippen molar-refractivity contribution >= 4 is 38.9 Å². The molecular formula is C14H12BrClO3S. The molecule has 0 amide bonds. The van der Waals surface area contributed by atoms with Crippen LogP contribution in [-0.4, -0.2) is 18.3 Å². The molecule has 0 aliphatic carbocycles. The number of fused-ring (bicyclic) bond motifs is 1. The van der Waals surface area contributed by atoms with Crippen molar-refractivity contribution in [1.29, 1.82) is 0 Å². The van der Waals surface area contributed by atoms with E-state index < -0.39 is 6.10 Å². The lowest BCUT2D eigenvalue weighted by molar-refractivity contribution is 0.223. The van der Waals surface area contributed by atoms with Crippen molar-refractivity contribution in [1.82, 2.24) is 0 Å². The molecule has 0 saturated heterocycles. The van der Waals surface area contributed by atoms with Crippen molar-refractivity contribution in [2.24, 2.45) is 0 Å². The SMILES string of the molecule is OC(c1ccc(Br)s1)c1cc2c(cc1Cl)OCCCO2. The number of rotatable bonds is 2. The molecule has 1 aliphatic rings. The van der Waals surface area contributed by atoms with Crippen LogP contribution in [0.25, 0.3) is 0 Å². The second-order valence-electron chi connectivity index (χ2n) is 4.42. The fourth-order valence-corrected chi connectivity index (χ4v) is 3.72. The quantitative estimate of drug-likeness (QED) is 0.845. The topological polar surface area (TPSA) is 38.7 Å². The van der Waals surface area contributed by atoms with E-state index in [-0.39, 0.29) is 0 Å². The Hall–Kier alpha value is -0.750. The Morgan fingerprint density at radius 1 is 1.20 bits per heavy atom. The van der Waals surface area contributed by atoms with Crippen LogP contribution in [0.3, 0.4) is 0 Å². The van der Waals surface area contributed by atoms with E-state index >= 15 is 0 Å². The molecule has 1 aromatic heterocycles. The first-order valence-corrected chi connectivity index (χ1v) is 8.16. The lowest BCUT2D eigenvalue weighted by atomic mass is 10.1. The summed E-state index contributed by atoms with van der Waals surface area (Å²) in [4.78, 5) is 0.827. The van der Waals surface area contributed by atoms with Gasteiger partial charge in [0.15, 0.2) is 11.5 Å². The van der Waals surface area contributed by atoms with Crippen LogP contribution in [0, 0.1) is 0 Å². The van der Waals surface area contributed by atoms with Crippen molar-refractivity contribution in [2.45, 2.75) is 12.5 Å². The van der Waals surface area contributed by atoms with Crippen LogP contribution in [0.2, 0.25) is 5.02 Å². The third kappa shape index (κ3) is 2.81. The average molecular weight is 376 g/mol. The molecule has 3 rings (SSSR count). The molecule has 0 spiro atoms. The third-order valence-corrected chi connectivity index (χ3v) is 5.03. The fourth-order valence-electron chi connectivity index (χ4n) is 2.04. The number of hydrogen-bond donors (Lipinski definition) is 1. The number of hydrogen-bond acceptors (Lipinski definition) is 4. The van der Waals surface area contributed by atoms with E-state index in [2.05, 4.69) is 15.9 Å². The summed E-state index contributed by atoms with van der Waals surface area (Å²) in [5, 5.41) is 10.9. The molecule has 106 valence electrons. The molecule has 0 radical (unpaired) electrons. The Balaban J connectivity index is 1.99. The van der Waals surface area contributed by atoms with Crippen molar-refractivity contribution in [3.05, 3.63) is 43.5 Å². The van der Waals surface area contributed by atoms with Crippen LogP contribution in [0.1, 0.15) is 23.0 Å². The average Bonchev–Trinajstić information content (AvgIpc) is 2.73. The van der Waals surface area contributed by atoms with Crippen LogP contribution in [0.15, 0.2) is 28.1 Å². The summed E-state index contributed by atoms with van der Waals surface area (Å²) in [7, 11) is 0. The van der Waals surface area contributed by atoms with Crippen molar-refractivity contribution < 1.29 is 14.6 Å². The van der Waals surface area contributed by atoms with Gasteiger partial charge in [0.2, 0.25) is 0 Å². The van der Waals surface area contributed by atoms with Gasteiger partial charge in [-0.05, 0) is 34.1 Å². The van der Waals surface area contributed by atoms with E-state index in [1.165, 1.54) is 11.3 Å². The first-order chi connectivity index (χ1) is 9.65. The van der Waals surface area contributed by atoms with Crippen molar-refractivity contribution in [3.63, 3.8) is 0 Å². The van der Waals surface area contributed by atoms with E-state index in [0.29, 0.717) is 35.3 Å². The standard InChI is InChI=1S/C14H12BrClO3S/c15-13-3-2-12(20-13)14(17)8-6-10-11(7-9(8)16)19-5-1-4-18-10/h2-3,6-7,14,17H,1,4-5H2. The first kappa shape index (κ1) is 14.2. The van der Waals surface area contributed by atoms with Crippen LogP contribution >= 0.6 is 38.9 Å². The highest BCUT2D eigenvalue weighted by Gasteiger charge is 2.20. The maximum Gasteiger partial charge on any atom is 0.162 e. The summed E-state index contributed by atoms with van der Waals surface area (Å²) in [6.45, 7) is 1.22. The molecule has 1 N–H and O–H groups in total. The van der Waals surface area contributed by atoms with Crippen molar-refractivity contribution in [2.75, 3.05) is 13.2 Å². The van der Waals surface area contributed by atoms with Gasteiger partial charge in [-0.1, -0.05) is 11.6 Å². The maximum absolute atomic E-state index is 10.5. The normalized spacial score (nSPS) is 15.8. The molecule has 3 nitrogen and oxygen atoms in total. The first-order valence-electron chi connectivity index (χ1n) is 6.17. The summed E-state index contributed by atoms with van der Waals surface area (Å²) in [6, 6.07) is 7.25. The highest BCUT2D eigenvalue weighted by Crippen LogP contribution is 2.40. The molecule has 2 heterocycles. The van der Waals surface area contributed by atoms with Gasteiger partial charge in [0.1, 0.15) is 6.10 Å². The van der Waals surface area contributed by atoms with Crippen LogP contribution in [0.5, 0.6) is 11.5 Å². The minimum Gasteiger partial charge on any atom is -0.490 e.